The van der Waals surface area contributed by atoms with Gasteiger partial charge in [0, 0.05) is 22.9 Å². The van der Waals surface area contributed by atoms with Crippen molar-refractivity contribution in [2.75, 3.05) is 16.8 Å². The van der Waals surface area contributed by atoms with Crippen molar-refractivity contribution in [1.82, 2.24) is 0 Å². The molecule has 0 fully saturated rings. The molecule has 7 heteroatoms. The van der Waals surface area contributed by atoms with Gasteiger partial charge >= 0.3 is 0 Å². The number of carbonyl (C=O) groups excluding carboxylic acids is 2. The van der Waals surface area contributed by atoms with Crippen LogP contribution < -0.4 is 10.2 Å². The average molecular weight is 417 g/mol. The number of hydrogen-bond acceptors (Lipinski definition) is 3. The van der Waals surface area contributed by atoms with Crippen molar-refractivity contribution < 1.29 is 9.59 Å². The maximum Gasteiger partial charge on any atom is 0.268 e. The van der Waals surface area contributed by atoms with Gasteiger partial charge in [-0.3, -0.25) is 9.59 Å². The number of halogens is 2. The number of thiophene rings is 1. The fourth-order valence-electron chi connectivity index (χ4n) is 3.07. The molecule has 0 saturated carbocycles. The molecule has 2 heterocycles. The molecule has 0 radical (unpaired) electrons. The lowest BCUT2D eigenvalue weighted by Gasteiger charge is -2.17. The van der Waals surface area contributed by atoms with Gasteiger partial charge in [-0.2, -0.15) is 0 Å². The Bertz CT molecular complexity index is 1030. The second-order valence-electron chi connectivity index (χ2n) is 6.11. The van der Waals surface area contributed by atoms with E-state index in [-0.39, 0.29) is 11.8 Å². The minimum absolute atomic E-state index is 0.0230. The van der Waals surface area contributed by atoms with Crippen LogP contribution >= 0.6 is 34.5 Å². The monoisotopic (exact) mass is 416 g/mol. The quantitative estimate of drug-likeness (QED) is 0.611. The first-order chi connectivity index (χ1) is 13.0. The molecule has 136 valence electrons. The van der Waals surface area contributed by atoms with Crippen LogP contribution in [0.3, 0.4) is 0 Å². The molecule has 1 aromatic heterocycles. The van der Waals surface area contributed by atoms with Crippen LogP contribution in [0, 0.1) is 0 Å². The van der Waals surface area contributed by atoms with Crippen LogP contribution in [-0.4, -0.2) is 18.4 Å². The van der Waals surface area contributed by atoms with Crippen molar-refractivity contribution in [1.29, 1.82) is 0 Å². The summed E-state index contributed by atoms with van der Waals surface area (Å²) < 4.78 is 0. The summed E-state index contributed by atoms with van der Waals surface area (Å²) in [5.74, 6) is -0.373. The number of benzene rings is 2. The molecule has 0 atom stereocenters. The molecule has 4 nitrogen and oxygen atoms in total. The van der Waals surface area contributed by atoms with Gasteiger partial charge in [0.05, 0.1) is 15.5 Å². The molecule has 0 unspecified atom stereocenters. The van der Waals surface area contributed by atoms with Gasteiger partial charge in [-0.15, -0.1) is 11.3 Å². The lowest BCUT2D eigenvalue weighted by atomic mass is 10.1. The molecule has 1 aliphatic rings. The Balaban J connectivity index is 1.59. The zero-order chi connectivity index (χ0) is 19.0. The van der Waals surface area contributed by atoms with E-state index in [0.717, 1.165) is 17.7 Å². The molecule has 0 saturated heterocycles. The summed E-state index contributed by atoms with van der Waals surface area (Å²) in [5.41, 5.74) is 2.80. The zero-order valence-corrected chi connectivity index (χ0v) is 16.4. The van der Waals surface area contributed by atoms with E-state index in [1.807, 2.05) is 35.7 Å². The number of hydrogen-bond donors (Lipinski definition) is 1. The summed E-state index contributed by atoms with van der Waals surface area (Å²) in [5, 5.41) is 5.48. The van der Waals surface area contributed by atoms with E-state index < -0.39 is 0 Å². The number of carbonyl (C=O) groups is 2. The van der Waals surface area contributed by atoms with Crippen molar-refractivity contribution in [3.8, 4) is 0 Å². The highest BCUT2D eigenvalue weighted by atomic mass is 35.5. The highest BCUT2D eigenvalue weighted by molar-refractivity contribution is 7.12. The van der Waals surface area contributed by atoms with Gasteiger partial charge in [0.2, 0.25) is 0 Å². The van der Waals surface area contributed by atoms with Crippen molar-refractivity contribution >= 4 is 57.7 Å². The predicted octanol–water partition coefficient (Wildman–Crippen LogP) is 5.51. The summed E-state index contributed by atoms with van der Waals surface area (Å²) in [6.07, 6.45) is 0.792. The third kappa shape index (κ3) is 3.58. The third-order valence-electron chi connectivity index (χ3n) is 4.39. The van der Waals surface area contributed by atoms with Crippen LogP contribution in [0.5, 0.6) is 0 Å². The van der Waals surface area contributed by atoms with E-state index in [1.165, 1.54) is 17.4 Å². The molecule has 2 amide bonds. The van der Waals surface area contributed by atoms with Crippen molar-refractivity contribution in [2.45, 2.75) is 6.42 Å². The van der Waals surface area contributed by atoms with E-state index >= 15 is 0 Å². The minimum Gasteiger partial charge on any atom is -0.322 e. The van der Waals surface area contributed by atoms with Gasteiger partial charge < -0.3 is 10.2 Å². The van der Waals surface area contributed by atoms with E-state index in [1.54, 1.807) is 17.0 Å². The number of fused-ring (bicyclic) bond motifs is 1. The van der Waals surface area contributed by atoms with Crippen LogP contribution in [0.15, 0.2) is 53.9 Å². The normalized spacial score (nSPS) is 12.7. The Morgan fingerprint density at radius 1 is 1.07 bits per heavy atom. The smallest absolute Gasteiger partial charge is 0.268 e. The Labute approximate surface area is 170 Å². The summed E-state index contributed by atoms with van der Waals surface area (Å²) in [7, 11) is 0. The van der Waals surface area contributed by atoms with Gasteiger partial charge in [-0.1, -0.05) is 35.3 Å². The number of rotatable bonds is 3. The van der Waals surface area contributed by atoms with Crippen LogP contribution in [0.1, 0.15) is 25.6 Å². The van der Waals surface area contributed by atoms with Gasteiger partial charge in [0.1, 0.15) is 0 Å². The van der Waals surface area contributed by atoms with E-state index in [2.05, 4.69) is 5.32 Å². The van der Waals surface area contributed by atoms with Crippen LogP contribution in [0.2, 0.25) is 10.0 Å². The minimum atomic E-state index is -0.350. The Morgan fingerprint density at radius 3 is 2.70 bits per heavy atom. The zero-order valence-electron chi connectivity index (χ0n) is 14.0. The van der Waals surface area contributed by atoms with E-state index in [4.69, 9.17) is 23.2 Å². The topological polar surface area (TPSA) is 49.4 Å². The first kappa shape index (κ1) is 18.0. The lowest BCUT2D eigenvalue weighted by molar-refractivity contribution is 0.0991. The second-order valence-corrected chi connectivity index (χ2v) is 7.90. The molecule has 0 aliphatic carbocycles. The molecular formula is C20H14Cl2N2O2S. The summed E-state index contributed by atoms with van der Waals surface area (Å²) in [4.78, 5) is 27.7. The van der Waals surface area contributed by atoms with Gasteiger partial charge in [-0.05, 0) is 53.8 Å². The van der Waals surface area contributed by atoms with Crippen molar-refractivity contribution in [3.63, 3.8) is 0 Å². The number of nitrogens with one attached hydrogen (secondary N) is 1. The summed E-state index contributed by atoms with van der Waals surface area (Å²) in [6.45, 7) is 0.629. The fourth-order valence-corrected chi connectivity index (χ4v) is 4.12. The second kappa shape index (κ2) is 7.35. The molecule has 27 heavy (non-hydrogen) atoms. The number of amides is 2. The van der Waals surface area contributed by atoms with Crippen LogP contribution in [0.25, 0.3) is 0 Å². The summed E-state index contributed by atoms with van der Waals surface area (Å²) in [6, 6.07) is 14.0. The standard InChI is InChI=1S/C20H14Cl2N2O2S/c21-13-4-6-16(22)15(10-13)19(25)23-14-5-3-12-7-8-24(17(12)11-14)20(26)18-2-1-9-27-18/h1-6,9-11H,7-8H2,(H,23,25). The molecule has 0 spiro atoms. The Morgan fingerprint density at radius 2 is 1.93 bits per heavy atom. The third-order valence-corrected chi connectivity index (χ3v) is 5.81. The van der Waals surface area contributed by atoms with Gasteiger partial charge in [0.25, 0.3) is 11.8 Å². The highest BCUT2D eigenvalue weighted by Crippen LogP contribution is 2.33. The largest absolute Gasteiger partial charge is 0.322 e. The van der Waals surface area contributed by atoms with Crippen molar-refractivity contribution in [2.24, 2.45) is 0 Å². The summed E-state index contributed by atoms with van der Waals surface area (Å²) >= 11 is 13.5. The first-order valence-corrected chi connectivity index (χ1v) is 9.91. The number of anilines is 2. The maximum atomic E-state index is 12.7. The molecular weight excluding hydrogens is 403 g/mol. The lowest BCUT2D eigenvalue weighted by Crippen LogP contribution is -2.28. The molecule has 2 aromatic carbocycles. The highest BCUT2D eigenvalue weighted by Gasteiger charge is 2.26. The Kier molecular flexibility index (Phi) is 4.91. The Hall–Kier alpha value is -2.34. The van der Waals surface area contributed by atoms with Gasteiger partial charge in [0.15, 0.2) is 0 Å². The number of nitrogens with zero attached hydrogens (tertiary/aromatic N) is 1. The molecule has 1 N–H and O–H groups in total. The first-order valence-electron chi connectivity index (χ1n) is 8.27. The van der Waals surface area contributed by atoms with Gasteiger partial charge in [-0.25, -0.2) is 0 Å². The van der Waals surface area contributed by atoms with Crippen molar-refractivity contribution in [3.05, 3.63) is 80.0 Å². The fraction of sp³-hybridized carbons (Fsp3) is 0.100. The van der Waals surface area contributed by atoms with E-state index in [9.17, 15) is 9.59 Å². The van der Waals surface area contributed by atoms with Crippen LogP contribution in [0.4, 0.5) is 11.4 Å². The molecule has 4 rings (SSSR count). The average Bonchev–Trinajstić information content (AvgIpc) is 3.32. The predicted molar refractivity (Wildman–Crippen MR) is 111 cm³/mol. The molecule has 3 aromatic rings. The molecule has 0 bridgehead atoms. The van der Waals surface area contributed by atoms with Crippen LogP contribution in [-0.2, 0) is 6.42 Å². The SMILES string of the molecule is O=C(Nc1ccc2c(c1)N(C(=O)c1cccs1)CC2)c1cc(Cl)ccc1Cl. The maximum absolute atomic E-state index is 12.7. The van der Waals surface area contributed by atoms with E-state index in [0.29, 0.717) is 32.7 Å². The molecule has 1 aliphatic heterocycles.